The Kier molecular flexibility index (Phi) is 17.9. The Morgan fingerprint density at radius 3 is 1.87 bits per heavy atom. The highest BCUT2D eigenvalue weighted by Gasteiger charge is 2.61. The zero-order chi connectivity index (χ0) is 28.3. The van der Waals surface area contributed by atoms with Crippen molar-refractivity contribution in [3.8, 4) is 0 Å². The molecule has 10 heteroatoms. The van der Waals surface area contributed by atoms with E-state index in [0.29, 0.717) is 51.9 Å². The first-order chi connectivity index (χ1) is 18.1. The molecular formula is C28H43F7O3. The Morgan fingerprint density at radius 1 is 0.737 bits per heavy atom. The van der Waals surface area contributed by atoms with Crippen molar-refractivity contribution in [3.05, 3.63) is 35.9 Å². The fraction of sp³-hybridized carbons (Fsp3) is 0.786. The average Bonchev–Trinajstić information content (AvgIpc) is 2.89. The molecule has 0 saturated carbocycles. The molecule has 1 aromatic carbocycles. The van der Waals surface area contributed by atoms with E-state index in [0.717, 1.165) is 37.7 Å². The summed E-state index contributed by atoms with van der Waals surface area (Å²) in [4.78, 5) is 0. The van der Waals surface area contributed by atoms with Gasteiger partial charge in [-0.3, -0.25) is 0 Å². The van der Waals surface area contributed by atoms with E-state index < -0.39 is 30.9 Å². The van der Waals surface area contributed by atoms with E-state index in [-0.39, 0.29) is 25.6 Å². The minimum Gasteiger partial charge on any atom is -0.394 e. The number of alkyl halides is 7. The lowest BCUT2D eigenvalue weighted by atomic mass is 10.0. The molecule has 2 atom stereocenters. The van der Waals surface area contributed by atoms with Gasteiger partial charge in [-0.25, -0.2) is 13.2 Å². The van der Waals surface area contributed by atoms with Crippen LogP contribution >= 0.6 is 0 Å². The topological polar surface area (TPSA) is 38.7 Å². The smallest absolute Gasteiger partial charge is 0.369 e. The quantitative estimate of drug-likeness (QED) is 0.102. The third-order valence-electron chi connectivity index (χ3n) is 6.41. The standard InChI is InChI=1S/C28H43F7O3/c29-24(16-10-3-1-5-12-18-27(32,33)28(34,35)26(30)31)17-11-4-2-6-13-19-37-22-25(20-36)38-21-23-14-8-7-9-15-23/h7-9,14-15,24-26,36H,1-6,10-13,16-22H2. The minimum absolute atomic E-state index is 0.110. The molecule has 0 spiro atoms. The van der Waals surface area contributed by atoms with E-state index in [2.05, 4.69) is 0 Å². The van der Waals surface area contributed by atoms with E-state index in [1.54, 1.807) is 0 Å². The number of halogens is 7. The molecule has 0 saturated heterocycles. The largest absolute Gasteiger partial charge is 0.394 e. The van der Waals surface area contributed by atoms with Gasteiger partial charge in [0.25, 0.3) is 0 Å². The molecule has 0 aliphatic carbocycles. The van der Waals surface area contributed by atoms with Crippen molar-refractivity contribution in [1.29, 1.82) is 0 Å². The van der Waals surface area contributed by atoms with E-state index in [9.17, 15) is 35.8 Å². The first-order valence-corrected chi connectivity index (χ1v) is 13.6. The third-order valence-corrected chi connectivity index (χ3v) is 6.41. The molecule has 0 radical (unpaired) electrons. The van der Waals surface area contributed by atoms with Crippen LogP contribution in [-0.2, 0) is 16.1 Å². The normalized spacial score (nSPS) is 14.2. The maximum absolute atomic E-state index is 14.0. The van der Waals surface area contributed by atoms with Crippen LogP contribution in [0.3, 0.4) is 0 Å². The molecule has 0 amide bonds. The number of rotatable bonds is 24. The van der Waals surface area contributed by atoms with Crippen molar-refractivity contribution < 1.29 is 45.3 Å². The molecule has 38 heavy (non-hydrogen) atoms. The summed E-state index contributed by atoms with van der Waals surface area (Å²) in [6.45, 7) is 1.21. The minimum atomic E-state index is -5.32. The van der Waals surface area contributed by atoms with Crippen molar-refractivity contribution in [1.82, 2.24) is 0 Å². The van der Waals surface area contributed by atoms with Gasteiger partial charge in [-0.15, -0.1) is 0 Å². The zero-order valence-electron chi connectivity index (χ0n) is 22.0. The summed E-state index contributed by atoms with van der Waals surface area (Å²) < 4.78 is 101. The van der Waals surface area contributed by atoms with Crippen LogP contribution in [0.5, 0.6) is 0 Å². The molecular weight excluding hydrogens is 517 g/mol. The maximum atomic E-state index is 14.0. The number of benzene rings is 1. The molecule has 2 unspecified atom stereocenters. The second-order valence-corrected chi connectivity index (χ2v) is 9.76. The monoisotopic (exact) mass is 560 g/mol. The highest BCUT2D eigenvalue weighted by molar-refractivity contribution is 5.13. The average molecular weight is 561 g/mol. The highest BCUT2D eigenvalue weighted by Crippen LogP contribution is 2.42. The van der Waals surface area contributed by atoms with Crippen LogP contribution in [0.25, 0.3) is 0 Å². The van der Waals surface area contributed by atoms with Gasteiger partial charge in [0.1, 0.15) is 12.3 Å². The van der Waals surface area contributed by atoms with Gasteiger partial charge in [0, 0.05) is 13.0 Å². The molecule has 0 fully saturated rings. The Balaban J connectivity index is 1.92. The van der Waals surface area contributed by atoms with Gasteiger partial charge in [0.05, 0.1) is 19.8 Å². The van der Waals surface area contributed by atoms with Gasteiger partial charge in [-0.2, -0.15) is 17.6 Å². The number of aliphatic hydroxyl groups is 1. The van der Waals surface area contributed by atoms with Gasteiger partial charge in [0.15, 0.2) is 0 Å². The molecule has 0 heterocycles. The highest BCUT2D eigenvalue weighted by atomic mass is 19.3. The molecule has 1 aromatic rings. The van der Waals surface area contributed by atoms with E-state index in [4.69, 9.17) is 9.47 Å². The van der Waals surface area contributed by atoms with Crippen LogP contribution in [-0.4, -0.2) is 55.5 Å². The van der Waals surface area contributed by atoms with E-state index >= 15 is 0 Å². The fourth-order valence-electron chi connectivity index (χ4n) is 3.97. The first kappa shape index (κ1) is 34.6. The van der Waals surface area contributed by atoms with Gasteiger partial charge < -0.3 is 14.6 Å². The second-order valence-electron chi connectivity index (χ2n) is 9.76. The van der Waals surface area contributed by atoms with Crippen LogP contribution in [0.1, 0.15) is 89.0 Å². The fourth-order valence-corrected chi connectivity index (χ4v) is 3.97. The third kappa shape index (κ3) is 14.7. The van der Waals surface area contributed by atoms with Crippen LogP contribution < -0.4 is 0 Å². The summed E-state index contributed by atoms with van der Waals surface area (Å²) in [5.41, 5.74) is 1.03. The van der Waals surface area contributed by atoms with Crippen molar-refractivity contribution in [2.45, 2.75) is 121 Å². The molecule has 0 aliphatic rings. The Morgan fingerprint density at radius 2 is 1.29 bits per heavy atom. The van der Waals surface area contributed by atoms with Gasteiger partial charge in [0.2, 0.25) is 0 Å². The lowest BCUT2D eigenvalue weighted by Gasteiger charge is -2.25. The summed E-state index contributed by atoms with van der Waals surface area (Å²) in [5.74, 6) is -10.0. The molecule has 0 bridgehead atoms. The second kappa shape index (κ2) is 19.6. The van der Waals surface area contributed by atoms with E-state index in [1.807, 2.05) is 30.3 Å². The SMILES string of the molecule is OCC(COCCCCCCCC(F)CCCCCCCC(F)(F)C(F)(F)C(F)F)OCc1ccccc1. The number of ether oxygens (including phenoxy) is 2. The van der Waals surface area contributed by atoms with Gasteiger partial charge >= 0.3 is 18.3 Å². The van der Waals surface area contributed by atoms with Crippen LogP contribution in [0, 0.1) is 0 Å². The summed E-state index contributed by atoms with van der Waals surface area (Å²) >= 11 is 0. The lowest BCUT2D eigenvalue weighted by Crippen LogP contribution is -2.46. The molecule has 0 aliphatic heterocycles. The Bertz CT molecular complexity index is 692. The number of hydrogen-bond donors (Lipinski definition) is 1. The van der Waals surface area contributed by atoms with Crippen molar-refractivity contribution in [2.75, 3.05) is 19.8 Å². The molecule has 1 rings (SSSR count). The molecule has 222 valence electrons. The maximum Gasteiger partial charge on any atom is 0.369 e. The molecule has 1 N–H and O–H groups in total. The van der Waals surface area contributed by atoms with Crippen LogP contribution in [0.4, 0.5) is 30.7 Å². The van der Waals surface area contributed by atoms with Gasteiger partial charge in [-0.05, 0) is 31.2 Å². The van der Waals surface area contributed by atoms with Gasteiger partial charge in [-0.1, -0.05) is 81.7 Å². The first-order valence-electron chi connectivity index (χ1n) is 13.6. The van der Waals surface area contributed by atoms with Crippen molar-refractivity contribution in [2.24, 2.45) is 0 Å². The van der Waals surface area contributed by atoms with Crippen molar-refractivity contribution >= 4 is 0 Å². The summed E-state index contributed by atoms with van der Waals surface area (Å²) in [6, 6.07) is 9.70. The Hall–Kier alpha value is -1.39. The number of hydrogen-bond acceptors (Lipinski definition) is 3. The number of unbranched alkanes of at least 4 members (excludes halogenated alkanes) is 8. The van der Waals surface area contributed by atoms with E-state index in [1.165, 1.54) is 0 Å². The summed E-state index contributed by atoms with van der Waals surface area (Å²) in [6.07, 6.45) is -0.0633. The van der Waals surface area contributed by atoms with Crippen LogP contribution in [0.2, 0.25) is 0 Å². The summed E-state index contributed by atoms with van der Waals surface area (Å²) in [7, 11) is 0. The predicted molar refractivity (Wildman–Crippen MR) is 134 cm³/mol. The molecule has 3 nitrogen and oxygen atoms in total. The van der Waals surface area contributed by atoms with Crippen molar-refractivity contribution in [3.63, 3.8) is 0 Å². The predicted octanol–water partition coefficient (Wildman–Crippen LogP) is 8.53. The Labute approximate surface area is 222 Å². The van der Waals surface area contributed by atoms with Crippen LogP contribution in [0.15, 0.2) is 30.3 Å². The summed E-state index contributed by atoms with van der Waals surface area (Å²) in [5, 5.41) is 9.41. The number of aliphatic hydroxyl groups excluding tert-OH is 1. The zero-order valence-corrected chi connectivity index (χ0v) is 22.0. The molecule has 0 aromatic heterocycles. The lowest BCUT2D eigenvalue weighted by molar-refractivity contribution is -0.266.